The molecule has 1 N–H and O–H groups in total. The summed E-state index contributed by atoms with van der Waals surface area (Å²) in [6, 6.07) is 17.4. The van der Waals surface area contributed by atoms with E-state index in [1.807, 2.05) is 66.5 Å². The molecule has 0 radical (unpaired) electrons. The van der Waals surface area contributed by atoms with Gasteiger partial charge in [0.2, 0.25) is 0 Å². The fraction of sp³-hybridized carbons (Fsp3) is 0.118. The Kier molecular flexibility index (Phi) is 2.51. The van der Waals surface area contributed by atoms with E-state index >= 15 is 0 Å². The van der Waals surface area contributed by atoms with Gasteiger partial charge in [0.15, 0.2) is 6.17 Å². The van der Waals surface area contributed by atoms with Gasteiger partial charge >= 0.3 is 0 Å². The van der Waals surface area contributed by atoms with E-state index in [4.69, 9.17) is 4.42 Å². The van der Waals surface area contributed by atoms with Crippen LogP contribution in [-0.2, 0) is 0 Å². The zero-order chi connectivity index (χ0) is 14.4. The van der Waals surface area contributed by atoms with Crippen molar-refractivity contribution in [2.45, 2.75) is 6.17 Å². The van der Waals surface area contributed by atoms with Gasteiger partial charge < -0.3 is 14.6 Å². The highest BCUT2D eigenvalue weighted by atomic mass is 16.3. The number of hydrogen-bond acceptors (Lipinski definition) is 3. The minimum absolute atomic E-state index is 0.0749. The average molecular weight is 278 g/mol. The van der Waals surface area contributed by atoms with Crippen LogP contribution in [0.2, 0.25) is 0 Å². The third kappa shape index (κ3) is 1.80. The maximum Gasteiger partial charge on any atom is 0.255 e. The maximum atomic E-state index is 12.3. The first kappa shape index (κ1) is 12.0. The number of amides is 1. The van der Waals surface area contributed by atoms with Crippen molar-refractivity contribution in [3.8, 4) is 0 Å². The topological polar surface area (TPSA) is 45.5 Å². The van der Waals surface area contributed by atoms with Crippen molar-refractivity contribution in [2.24, 2.45) is 0 Å². The smallest absolute Gasteiger partial charge is 0.255 e. The zero-order valence-electron chi connectivity index (χ0n) is 11.5. The molecule has 0 fully saturated rings. The van der Waals surface area contributed by atoms with Gasteiger partial charge in [-0.2, -0.15) is 0 Å². The van der Waals surface area contributed by atoms with Crippen LogP contribution < -0.4 is 10.2 Å². The molecule has 21 heavy (non-hydrogen) atoms. The lowest BCUT2D eigenvalue weighted by atomic mass is 10.1. The highest BCUT2D eigenvalue weighted by molar-refractivity contribution is 6.02. The number of nitrogens with zero attached hydrogens (tertiary/aromatic N) is 1. The Labute approximate surface area is 122 Å². The predicted octanol–water partition coefficient (Wildman–Crippen LogP) is 3.31. The molecule has 0 unspecified atom stereocenters. The molecule has 0 aliphatic carbocycles. The van der Waals surface area contributed by atoms with Gasteiger partial charge in [-0.15, -0.1) is 0 Å². The van der Waals surface area contributed by atoms with Crippen molar-refractivity contribution in [3.63, 3.8) is 0 Å². The minimum Gasteiger partial charge on any atom is -0.457 e. The molecule has 0 saturated heterocycles. The summed E-state index contributed by atoms with van der Waals surface area (Å²) in [4.78, 5) is 14.3. The summed E-state index contributed by atoms with van der Waals surface area (Å²) in [6.45, 7) is 0. The van der Waals surface area contributed by atoms with E-state index in [1.54, 1.807) is 0 Å². The minimum atomic E-state index is -0.292. The third-order valence-electron chi connectivity index (χ3n) is 3.90. The van der Waals surface area contributed by atoms with Gasteiger partial charge in [-0.05, 0) is 24.3 Å². The van der Waals surface area contributed by atoms with Crippen molar-refractivity contribution in [1.29, 1.82) is 0 Å². The van der Waals surface area contributed by atoms with E-state index < -0.39 is 0 Å². The van der Waals surface area contributed by atoms with Crippen LogP contribution in [0.15, 0.2) is 59.0 Å². The van der Waals surface area contributed by atoms with Crippen LogP contribution in [0, 0.1) is 0 Å². The molecule has 0 spiro atoms. The maximum absolute atomic E-state index is 12.3. The second kappa shape index (κ2) is 4.38. The van der Waals surface area contributed by atoms with Crippen LogP contribution in [0.5, 0.6) is 0 Å². The Hall–Kier alpha value is -2.75. The first-order chi connectivity index (χ1) is 10.2. The van der Waals surface area contributed by atoms with Crippen LogP contribution in [0.3, 0.4) is 0 Å². The molecule has 1 amide bonds. The van der Waals surface area contributed by atoms with Crippen molar-refractivity contribution >= 4 is 22.6 Å². The fourth-order valence-corrected chi connectivity index (χ4v) is 2.81. The van der Waals surface area contributed by atoms with Crippen LogP contribution in [-0.4, -0.2) is 13.0 Å². The highest BCUT2D eigenvalue weighted by Gasteiger charge is 2.31. The lowest BCUT2D eigenvalue weighted by Crippen LogP contribution is -2.44. The van der Waals surface area contributed by atoms with E-state index in [1.165, 1.54) is 0 Å². The number of fused-ring (bicyclic) bond motifs is 2. The SMILES string of the molecule is CN1c2ccccc2C(=O)N[C@H]1c1cc2ccccc2o1. The summed E-state index contributed by atoms with van der Waals surface area (Å²) in [5, 5.41) is 4.03. The van der Waals surface area contributed by atoms with Gasteiger partial charge in [-0.3, -0.25) is 4.79 Å². The third-order valence-corrected chi connectivity index (χ3v) is 3.90. The second-order valence-electron chi connectivity index (χ2n) is 5.19. The molecule has 4 rings (SSSR count). The first-order valence-electron chi connectivity index (χ1n) is 6.85. The van der Waals surface area contributed by atoms with Gasteiger partial charge in [0.05, 0.1) is 11.3 Å². The van der Waals surface area contributed by atoms with Crippen molar-refractivity contribution in [3.05, 3.63) is 65.9 Å². The molecular weight excluding hydrogens is 264 g/mol. The van der Waals surface area contributed by atoms with Crippen molar-refractivity contribution in [1.82, 2.24) is 5.32 Å². The lowest BCUT2D eigenvalue weighted by Gasteiger charge is -2.34. The Morgan fingerprint density at radius 2 is 1.86 bits per heavy atom. The van der Waals surface area contributed by atoms with Crippen LogP contribution in [0.25, 0.3) is 11.0 Å². The summed E-state index contributed by atoms with van der Waals surface area (Å²) in [7, 11) is 1.95. The number of nitrogens with one attached hydrogen (secondary N) is 1. The predicted molar refractivity (Wildman–Crippen MR) is 81.3 cm³/mol. The molecule has 1 atom stereocenters. The normalized spacial score (nSPS) is 17.7. The number of para-hydroxylation sites is 2. The average Bonchev–Trinajstić information content (AvgIpc) is 2.94. The highest BCUT2D eigenvalue weighted by Crippen LogP contribution is 2.33. The van der Waals surface area contributed by atoms with Gasteiger partial charge in [0.1, 0.15) is 11.3 Å². The number of carbonyl (C=O) groups excluding carboxylic acids is 1. The standard InChI is InChI=1S/C17H14N2O2/c1-19-13-8-4-3-7-12(13)17(20)18-16(19)15-10-11-6-2-5-9-14(11)21-15/h2-10,16H,1H3,(H,18,20)/t16-/m1/s1. The van der Waals surface area contributed by atoms with E-state index in [-0.39, 0.29) is 12.1 Å². The van der Waals surface area contributed by atoms with E-state index in [9.17, 15) is 4.79 Å². The van der Waals surface area contributed by atoms with E-state index in [0.717, 1.165) is 22.4 Å². The molecular formula is C17H14N2O2. The molecule has 2 heterocycles. The molecule has 2 aromatic carbocycles. The number of hydrogen-bond donors (Lipinski definition) is 1. The summed E-state index contributed by atoms with van der Waals surface area (Å²) >= 11 is 0. The second-order valence-corrected chi connectivity index (χ2v) is 5.19. The van der Waals surface area contributed by atoms with Crippen LogP contribution in [0.4, 0.5) is 5.69 Å². The number of rotatable bonds is 1. The Morgan fingerprint density at radius 1 is 1.10 bits per heavy atom. The van der Waals surface area contributed by atoms with Gasteiger partial charge in [-0.1, -0.05) is 30.3 Å². The zero-order valence-corrected chi connectivity index (χ0v) is 11.5. The Balaban J connectivity index is 1.81. The van der Waals surface area contributed by atoms with Gasteiger partial charge in [-0.25, -0.2) is 0 Å². The number of carbonyl (C=O) groups is 1. The summed E-state index contributed by atoms with van der Waals surface area (Å²) in [5.74, 6) is 0.663. The summed E-state index contributed by atoms with van der Waals surface area (Å²) in [5.41, 5.74) is 2.42. The summed E-state index contributed by atoms with van der Waals surface area (Å²) < 4.78 is 5.88. The molecule has 1 aliphatic heterocycles. The van der Waals surface area contributed by atoms with Crippen LogP contribution in [0.1, 0.15) is 22.3 Å². The summed E-state index contributed by atoms with van der Waals surface area (Å²) in [6.07, 6.45) is -0.292. The molecule has 1 aromatic heterocycles. The number of anilines is 1. The monoisotopic (exact) mass is 278 g/mol. The molecule has 0 bridgehead atoms. The Bertz CT molecular complexity index is 804. The number of furan rings is 1. The molecule has 3 aromatic rings. The van der Waals surface area contributed by atoms with Crippen molar-refractivity contribution < 1.29 is 9.21 Å². The molecule has 4 heteroatoms. The molecule has 0 saturated carbocycles. The quantitative estimate of drug-likeness (QED) is 0.742. The van der Waals surface area contributed by atoms with Crippen LogP contribution >= 0.6 is 0 Å². The lowest BCUT2D eigenvalue weighted by molar-refractivity contribution is 0.0922. The molecule has 104 valence electrons. The molecule has 1 aliphatic rings. The van der Waals surface area contributed by atoms with Gasteiger partial charge in [0, 0.05) is 12.4 Å². The van der Waals surface area contributed by atoms with Crippen molar-refractivity contribution in [2.75, 3.05) is 11.9 Å². The van der Waals surface area contributed by atoms with Gasteiger partial charge in [0.25, 0.3) is 5.91 Å². The Morgan fingerprint density at radius 3 is 2.71 bits per heavy atom. The molecule has 4 nitrogen and oxygen atoms in total. The number of benzene rings is 2. The first-order valence-corrected chi connectivity index (χ1v) is 6.85. The van der Waals surface area contributed by atoms with E-state index in [0.29, 0.717) is 5.56 Å². The largest absolute Gasteiger partial charge is 0.457 e. The fourth-order valence-electron chi connectivity index (χ4n) is 2.81. The van der Waals surface area contributed by atoms with E-state index in [2.05, 4.69) is 5.32 Å².